The molecule has 2 rings (SSSR count). The van der Waals surface area contributed by atoms with Crippen molar-refractivity contribution in [1.82, 2.24) is 0 Å². The third kappa shape index (κ3) is 6.24. The second-order valence-electron chi connectivity index (χ2n) is 9.18. The molecule has 34 heavy (non-hydrogen) atoms. The van der Waals surface area contributed by atoms with Gasteiger partial charge >= 0.3 is 0 Å². The monoisotopic (exact) mass is 480 g/mol. The fourth-order valence-corrected chi connectivity index (χ4v) is 8.83. The molecule has 1 unspecified atom stereocenters. The highest BCUT2D eigenvalue weighted by Gasteiger charge is 2.48. The lowest BCUT2D eigenvalue weighted by Gasteiger charge is -2.32. The SMILES string of the molecule is [C-]#[N+]c1cc(C)c(NC(=O)C(CCC)[P+](CC)(CC)CC(=O)Nc2c(C)cccc2C)c(C)c1. The van der Waals surface area contributed by atoms with Gasteiger partial charge in [0.15, 0.2) is 5.69 Å². The van der Waals surface area contributed by atoms with Crippen molar-refractivity contribution in [3.05, 3.63) is 64.0 Å². The van der Waals surface area contributed by atoms with E-state index in [2.05, 4.69) is 36.2 Å². The largest absolute Gasteiger partial charge is 0.322 e. The summed E-state index contributed by atoms with van der Waals surface area (Å²) in [6.07, 6.45) is 3.73. The van der Waals surface area contributed by atoms with Gasteiger partial charge in [0.25, 0.3) is 11.8 Å². The second-order valence-corrected chi connectivity index (χ2v) is 13.8. The van der Waals surface area contributed by atoms with Crippen molar-refractivity contribution >= 4 is 36.1 Å². The summed E-state index contributed by atoms with van der Waals surface area (Å²) in [5, 5.41) is 6.33. The van der Waals surface area contributed by atoms with E-state index in [0.717, 1.165) is 58.8 Å². The first-order valence-corrected chi connectivity index (χ1v) is 14.5. The number of nitrogens with zero attached hydrogens (tertiary/aromatic N) is 1. The molecule has 0 fully saturated rings. The molecule has 6 heteroatoms. The Hall–Kier alpha value is -2.70. The van der Waals surface area contributed by atoms with Crippen LogP contribution in [0.4, 0.5) is 17.1 Å². The third-order valence-corrected chi connectivity index (χ3v) is 12.1. The fraction of sp³-hybridized carbons (Fsp3) is 0.464. The number of para-hydroxylation sites is 1. The molecule has 0 saturated heterocycles. The van der Waals surface area contributed by atoms with Crippen LogP contribution in [-0.4, -0.2) is 36.0 Å². The number of carbonyl (C=O) groups excluding carboxylic acids is 2. The van der Waals surface area contributed by atoms with Gasteiger partial charge < -0.3 is 10.6 Å². The molecule has 0 aliphatic carbocycles. The first-order chi connectivity index (χ1) is 16.1. The molecule has 1 atom stereocenters. The predicted molar refractivity (Wildman–Crippen MR) is 147 cm³/mol. The van der Waals surface area contributed by atoms with E-state index in [1.165, 1.54) is 0 Å². The molecule has 0 heterocycles. The van der Waals surface area contributed by atoms with Gasteiger partial charge in [0, 0.05) is 18.6 Å². The predicted octanol–water partition coefficient (Wildman–Crippen LogP) is 7.27. The number of hydrogen-bond donors (Lipinski definition) is 2. The molecule has 2 aromatic carbocycles. The molecule has 2 amide bonds. The van der Waals surface area contributed by atoms with Crippen molar-refractivity contribution in [1.29, 1.82) is 0 Å². The van der Waals surface area contributed by atoms with Gasteiger partial charge in [0.1, 0.15) is 11.8 Å². The molecule has 182 valence electrons. The third-order valence-electron chi connectivity index (χ3n) is 6.88. The first kappa shape index (κ1) is 27.5. The molecule has 2 aromatic rings. The second kappa shape index (κ2) is 12.1. The smallest absolute Gasteiger partial charge is 0.265 e. The molecule has 5 nitrogen and oxygen atoms in total. The Morgan fingerprint density at radius 3 is 1.91 bits per heavy atom. The van der Waals surface area contributed by atoms with Crippen LogP contribution in [0.2, 0.25) is 0 Å². The van der Waals surface area contributed by atoms with Crippen molar-refractivity contribution in [2.24, 2.45) is 0 Å². The van der Waals surface area contributed by atoms with Crippen LogP contribution in [-0.2, 0) is 9.59 Å². The Bertz CT molecular complexity index is 1040. The van der Waals surface area contributed by atoms with Crippen LogP contribution in [0.5, 0.6) is 0 Å². The maximum atomic E-state index is 13.7. The lowest BCUT2D eigenvalue weighted by molar-refractivity contribution is -0.116. The maximum Gasteiger partial charge on any atom is 0.265 e. The molecule has 2 N–H and O–H groups in total. The van der Waals surface area contributed by atoms with Crippen molar-refractivity contribution in [2.45, 2.75) is 67.0 Å². The topological polar surface area (TPSA) is 62.6 Å². The van der Waals surface area contributed by atoms with Crippen LogP contribution < -0.4 is 10.6 Å². The summed E-state index contributed by atoms with van der Waals surface area (Å²) < 4.78 is 0. The number of benzene rings is 2. The van der Waals surface area contributed by atoms with E-state index in [1.807, 2.05) is 58.0 Å². The number of aryl methyl sites for hydroxylation is 4. The summed E-state index contributed by atoms with van der Waals surface area (Å²) in [6.45, 7) is 21.5. The van der Waals surface area contributed by atoms with Crippen LogP contribution in [0.15, 0.2) is 30.3 Å². The van der Waals surface area contributed by atoms with Crippen molar-refractivity contribution in [3.63, 3.8) is 0 Å². The van der Waals surface area contributed by atoms with Gasteiger partial charge in [-0.15, -0.1) is 0 Å². The summed E-state index contributed by atoms with van der Waals surface area (Å²) >= 11 is 0. The highest BCUT2D eigenvalue weighted by atomic mass is 31.2. The van der Waals surface area contributed by atoms with Crippen LogP contribution in [0.1, 0.15) is 55.9 Å². The molecule has 0 bridgehead atoms. The normalized spacial score (nSPS) is 12.1. The van der Waals surface area contributed by atoms with Crippen molar-refractivity contribution in [2.75, 3.05) is 29.1 Å². The standard InChI is InChI=1S/C28H38N3O2P/c1-9-13-24(28(33)31-27-21(6)16-23(29-8)17-22(27)7)34(10-2,11-3)18-25(32)30-26-19(4)14-12-15-20(26)5/h12,14-17,24H,9-11,13,18H2,1-7H3,(H-,30,31,32,33)/p+1. The van der Waals surface area contributed by atoms with Gasteiger partial charge in [-0.2, -0.15) is 0 Å². The zero-order valence-corrected chi connectivity index (χ0v) is 22.6. The molecule has 0 aromatic heterocycles. The Morgan fingerprint density at radius 2 is 1.44 bits per heavy atom. The zero-order chi connectivity index (χ0) is 25.5. The maximum absolute atomic E-state index is 13.7. The lowest BCUT2D eigenvalue weighted by atomic mass is 10.1. The summed E-state index contributed by atoms with van der Waals surface area (Å²) in [5.74, 6) is -0.00220. The Labute approximate surface area is 205 Å². The summed E-state index contributed by atoms with van der Waals surface area (Å²) in [5.41, 5.74) is 5.91. The number of nitrogens with one attached hydrogen (secondary N) is 2. The average molecular weight is 481 g/mol. The van der Waals surface area contributed by atoms with Crippen LogP contribution in [0, 0.1) is 34.3 Å². The van der Waals surface area contributed by atoms with Gasteiger partial charge in [-0.05, 0) is 70.2 Å². The Balaban J connectivity index is 2.34. The molecule has 0 aliphatic heterocycles. The minimum absolute atomic E-state index is 0.000479. The highest BCUT2D eigenvalue weighted by molar-refractivity contribution is 7.78. The van der Waals surface area contributed by atoms with Crippen LogP contribution in [0.3, 0.4) is 0 Å². The zero-order valence-electron chi connectivity index (χ0n) is 21.7. The van der Waals surface area contributed by atoms with E-state index in [9.17, 15) is 9.59 Å². The van der Waals surface area contributed by atoms with Crippen LogP contribution >= 0.6 is 7.26 Å². The van der Waals surface area contributed by atoms with E-state index in [4.69, 9.17) is 6.57 Å². The number of hydrogen-bond acceptors (Lipinski definition) is 2. The van der Waals surface area contributed by atoms with Gasteiger partial charge in [0.05, 0.1) is 18.9 Å². The lowest BCUT2D eigenvalue weighted by Crippen LogP contribution is -2.36. The summed E-state index contributed by atoms with van der Waals surface area (Å²) in [4.78, 5) is 30.5. The number of amides is 2. The quantitative estimate of drug-likeness (QED) is 0.277. The van der Waals surface area contributed by atoms with E-state index in [-0.39, 0.29) is 17.5 Å². The number of carbonyl (C=O) groups is 2. The minimum atomic E-state index is -1.92. The van der Waals surface area contributed by atoms with Gasteiger partial charge in [0.2, 0.25) is 0 Å². The fourth-order valence-electron chi connectivity index (χ4n) is 4.81. The first-order valence-electron chi connectivity index (χ1n) is 12.1. The summed E-state index contributed by atoms with van der Waals surface area (Å²) in [6, 6.07) is 9.62. The van der Waals surface area contributed by atoms with Gasteiger partial charge in [-0.25, -0.2) is 4.85 Å². The van der Waals surface area contributed by atoms with Gasteiger partial charge in [-0.3, -0.25) is 9.59 Å². The van der Waals surface area contributed by atoms with Crippen molar-refractivity contribution in [3.8, 4) is 0 Å². The Kier molecular flexibility index (Phi) is 9.83. The molecule has 0 spiro atoms. The molecule has 0 radical (unpaired) electrons. The van der Waals surface area contributed by atoms with Crippen LogP contribution in [0.25, 0.3) is 4.85 Å². The molecular formula is C28H39N3O2P+. The van der Waals surface area contributed by atoms with E-state index in [0.29, 0.717) is 11.8 Å². The molecule has 0 aliphatic rings. The van der Waals surface area contributed by atoms with E-state index < -0.39 is 7.26 Å². The van der Waals surface area contributed by atoms with Crippen molar-refractivity contribution < 1.29 is 9.59 Å². The molecule has 0 saturated carbocycles. The Morgan fingerprint density at radius 1 is 0.912 bits per heavy atom. The number of rotatable bonds is 10. The molecular weight excluding hydrogens is 441 g/mol. The number of anilines is 2. The van der Waals surface area contributed by atoms with Gasteiger partial charge in [-0.1, -0.05) is 43.7 Å². The van der Waals surface area contributed by atoms with E-state index >= 15 is 0 Å². The highest BCUT2D eigenvalue weighted by Crippen LogP contribution is 2.63. The minimum Gasteiger partial charge on any atom is -0.322 e. The average Bonchev–Trinajstić information content (AvgIpc) is 2.80. The van der Waals surface area contributed by atoms with E-state index in [1.54, 1.807) is 0 Å². The summed E-state index contributed by atoms with van der Waals surface area (Å²) in [7, 11) is -1.92.